The molecule has 4 aromatic rings. The highest BCUT2D eigenvalue weighted by atomic mass is 16.5. The predicted molar refractivity (Wildman–Crippen MR) is 142 cm³/mol. The fraction of sp³-hybridized carbons (Fsp3) is 0.321. The second-order valence-electron chi connectivity index (χ2n) is 8.30. The van der Waals surface area contributed by atoms with Crippen molar-refractivity contribution in [2.75, 3.05) is 31.6 Å². The summed E-state index contributed by atoms with van der Waals surface area (Å²) < 4.78 is 13.8. The minimum Gasteiger partial charge on any atom is -0.490 e. The van der Waals surface area contributed by atoms with Gasteiger partial charge in [-0.25, -0.2) is 4.98 Å². The van der Waals surface area contributed by atoms with Crippen molar-refractivity contribution in [3.05, 3.63) is 78.1 Å². The van der Waals surface area contributed by atoms with Gasteiger partial charge in [0.2, 0.25) is 5.95 Å². The summed E-state index contributed by atoms with van der Waals surface area (Å²) in [6.07, 6.45) is 3.48. The van der Waals surface area contributed by atoms with Crippen molar-refractivity contribution in [3.8, 4) is 11.5 Å². The maximum atomic E-state index is 13.3. The van der Waals surface area contributed by atoms with Crippen molar-refractivity contribution in [2.45, 2.75) is 33.9 Å². The average Bonchev–Trinajstić information content (AvgIpc) is 3.26. The molecule has 2 aromatic carbocycles. The number of fused-ring (bicyclic) bond motifs is 1. The lowest BCUT2D eigenvalue weighted by Gasteiger charge is -2.19. The molecule has 0 saturated heterocycles. The molecule has 0 atom stereocenters. The molecule has 0 aliphatic heterocycles. The van der Waals surface area contributed by atoms with E-state index in [1.807, 2.05) is 43.3 Å². The molecule has 0 unspecified atom stereocenters. The molecular formula is C28H33N5O3. The van der Waals surface area contributed by atoms with Crippen LogP contribution in [-0.2, 0) is 13.2 Å². The number of para-hydroxylation sites is 2. The highest BCUT2D eigenvalue weighted by molar-refractivity contribution is 6.04. The fourth-order valence-corrected chi connectivity index (χ4v) is 4.03. The highest BCUT2D eigenvalue weighted by Gasteiger charge is 2.17. The zero-order valence-electron chi connectivity index (χ0n) is 21.1. The molecule has 0 aliphatic carbocycles. The molecule has 8 heteroatoms. The van der Waals surface area contributed by atoms with E-state index in [-0.39, 0.29) is 5.91 Å². The van der Waals surface area contributed by atoms with Gasteiger partial charge in [-0.05, 0) is 56.4 Å². The first-order valence-corrected chi connectivity index (χ1v) is 12.4. The molecule has 0 radical (unpaired) electrons. The van der Waals surface area contributed by atoms with Gasteiger partial charge in [-0.15, -0.1) is 0 Å². The molecule has 0 fully saturated rings. The van der Waals surface area contributed by atoms with Gasteiger partial charge in [0.05, 0.1) is 17.6 Å². The molecule has 1 amide bonds. The maximum absolute atomic E-state index is 13.3. The van der Waals surface area contributed by atoms with Crippen LogP contribution in [0.1, 0.15) is 36.7 Å². The van der Waals surface area contributed by atoms with Gasteiger partial charge < -0.3 is 18.9 Å². The second-order valence-corrected chi connectivity index (χ2v) is 8.30. The van der Waals surface area contributed by atoms with Crippen LogP contribution in [0.15, 0.2) is 67.0 Å². The number of ether oxygens (including phenoxy) is 2. The summed E-state index contributed by atoms with van der Waals surface area (Å²) in [5.41, 5.74) is 3.26. The van der Waals surface area contributed by atoms with Crippen LogP contribution in [-0.4, -0.2) is 51.6 Å². The summed E-state index contributed by atoms with van der Waals surface area (Å²) in [7, 11) is 0. The number of imidazole rings is 1. The second kappa shape index (κ2) is 12.2. The number of likely N-dealkylation sites (N-methyl/N-ethyl adjacent to an activating group) is 1. The van der Waals surface area contributed by atoms with E-state index in [0.717, 1.165) is 42.8 Å². The SMILES string of the molecule is CCOc1cc(C(=O)Nc2nc3ccccc3n2CCN(CC)CC)ccc1OCc1cccnc1. The molecule has 36 heavy (non-hydrogen) atoms. The van der Waals surface area contributed by atoms with E-state index in [1.54, 1.807) is 30.6 Å². The number of rotatable bonds is 12. The summed E-state index contributed by atoms with van der Waals surface area (Å²) in [6.45, 7) is 10.6. The fourth-order valence-electron chi connectivity index (χ4n) is 4.03. The average molecular weight is 488 g/mol. The van der Waals surface area contributed by atoms with Crippen molar-refractivity contribution in [2.24, 2.45) is 0 Å². The van der Waals surface area contributed by atoms with Crippen molar-refractivity contribution in [3.63, 3.8) is 0 Å². The highest BCUT2D eigenvalue weighted by Crippen LogP contribution is 2.30. The third-order valence-corrected chi connectivity index (χ3v) is 6.04. The quantitative estimate of drug-likeness (QED) is 0.303. The van der Waals surface area contributed by atoms with E-state index < -0.39 is 0 Å². The van der Waals surface area contributed by atoms with Gasteiger partial charge in [0.15, 0.2) is 11.5 Å². The third-order valence-electron chi connectivity index (χ3n) is 6.04. The maximum Gasteiger partial charge on any atom is 0.258 e. The van der Waals surface area contributed by atoms with Crippen molar-refractivity contribution >= 4 is 22.9 Å². The first-order valence-electron chi connectivity index (χ1n) is 12.4. The van der Waals surface area contributed by atoms with Crippen LogP contribution in [0.3, 0.4) is 0 Å². The summed E-state index contributed by atoms with van der Waals surface area (Å²) in [5, 5.41) is 3.01. The number of aromatic nitrogens is 3. The van der Waals surface area contributed by atoms with Gasteiger partial charge in [-0.2, -0.15) is 0 Å². The van der Waals surface area contributed by atoms with E-state index >= 15 is 0 Å². The number of hydrogen-bond donors (Lipinski definition) is 1. The van der Waals surface area contributed by atoms with E-state index in [2.05, 4.69) is 33.6 Å². The van der Waals surface area contributed by atoms with E-state index in [0.29, 0.717) is 36.2 Å². The van der Waals surface area contributed by atoms with Gasteiger partial charge >= 0.3 is 0 Å². The molecule has 1 N–H and O–H groups in total. The van der Waals surface area contributed by atoms with E-state index in [9.17, 15) is 4.79 Å². The standard InChI is InChI=1S/C28H33N5O3/c1-4-32(5-2)16-17-33-24-12-8-7-11-23(24)30-28(33)31-27(34)22-13-14-25(26(18-22)35-6-3)36-20-21-10-9-15-29-19-21/h7-15,18-19H,4-6,16-17,20H2,1-3H3,(H,30,31,34). The van der Waals surface area contributed by atoms with Crippen LogP contribution in [0.25, 0.3) is 11.0 Å². The Morgan fingerprint density at radius 3 is 2.58 bits per heavy atom. The smallest absolute Gasteiger partial charge is 0.258 e. The molecule has 2 heterocycles. The molecule has 8 nitrogen and oxygen atoms in total. The summed E-state index contributed by atoms with van der Waals surface area (Å²) in [5.74, 6) is 1.37. The normalized spacial score (nSPS) is 11.1. The zero-order chi connectivity index (χ0) is 25.3. The molecule has 188 valence electrons. The summed E-state index contributed by atoms with van der Waals surface area (Å²) in [6, 6.07) is 16.9. The van der Waals surface area contributed by atoms with Gasteiger partial charge in [0.25, 0.3) is 5.91 Å². The number of anilines is 1. The molecule has 0 saturated carbocycles. The van der Waals surface area contributed by atoms with E-state index in [4.69, 9.17) is 14.5 Å². The van der Waals surface area contributed by atoms with Gasteiger partial charge in [-0.3, -0.25) is 15.1 Å². The number of benzene rings is 2. The van der Waals surface area contributed by atoms with Crippen LogP contribution in [0.2, 0.25) is 0 Å². The minimum atomic E-state index is -0.255. The Morgan fingerprint density at radius 1 is 1.00 bits per heavy atom. The number of nitrogens with zero attached hydrogens (tertiary/aromatic N) is 4. The minimum absolute atomic E-state index is 0.255. The molecule has 0 spiro atoms. The summed E-state index contributed by atoms with van der Waals surface area (Å²) >= 11 is 0. The van der Waals surface area contributed by atoms with Crippen LogP contribution < -0.4 is 14.8 Å². The Hall–Kier alpha value is -3.91. The first kappa shape index (κ1) is 25.2. The Balaban J connectivity index is 1.54. The monoisotopic (exact) mass is 487 g/mol. The zero-order valence-corrected chi connectivity index (χ0v) is 21.1. The molecule has 4 rings (SSSR count). The van der Waals surface area contributed by atoms with Crippen LogP contribution >= 0.6 is 0 Å². The molecular weight excluding hydrogens is 454 g/mol. The van der Waals surface area contributed by atoms with Crippen molar-refractivity contribution < 1.29 is 14.3 Å². The molecule has 0 bridgehead atoms. The number of hydrogen-bond acceptors (Lipinski definition) is 6. The summed E-state index contributed by atoms with van der Waals surface area (Å²) in [4.78, 5) is 24.4. The lowest BCUT2D eigenvalue weighted by molar-refractivity contribution is 0.102. The topological polar surface area (TPSA) is 81.5 Å². The third kappa shape index (κ3) is 6.01. The molecule has 2 aromatic heterocycles. The lowest BCUT2D eigenvalue weighted by atomic mass is 10.2. The first-order chi connectivity index (χ1) is 17.6. The van der Waals surface area contributed by atoms with Crippen LogP contribution in [0.4, 0.5) is 5.95 Å². The van der Waals surface area contributed by atoms with Crippen molar-refractivity contribution in [1.82, 2.24) is 19.4 Å². The Morgan fingerprint density at radius 2 is 1.83 bits per heavy atom. The number of carbonyl (C=O) groups is 1. The van der Waals surface area contributed by atoms with Crippen LogP contribution in [0, 0.1) is 0 Å². The van der Waals surface area contributed by atoms with Crippen LogP contribution in [0.5, 0.6) is 11.5 Å². The Bertz CT molecular complexity index is 1290. The Labute approximate surface area is 211 Å². The van der Waals surface area contributed by atoms with Crippen molar-refractivity contribution in [1.29, 1.82) is 0 Å². The number of pyridine rings is 1. The lowest BCUT2D eigenvalue weighted by Crippen LogP contribution is -2.27. The number of nitrogens with one attached hydrogen (secondary N) is 1. The molecule has 0 aliphatic rings. The largest absolute Gasteiger partial charge is 0.490 e. The number of amides is 1. The van der Waals surface area contributed by atoms with Gasteiger partial charge in [-0.1, -0.05) is 32.0 Å². The van der Waals surface area contributed by atoms with Gasteiger partial charge in [0.1, 0.15) is 6.61 Å². The predicted octanol–water partition coefficient (Wildman–Crippen LogP) is 5.00. The van der Waals surface area contributed by atoms with E-state index in [1.165, 1.54) is 0 Å². The number of carbonyl (C=O) groups excluding carboxylic acids is 1. The Kier molecular flexibility index (Phi) is 8.52. The van der Waals surface area contributed by atoms with Gasteiger partial charge in [0, 0.05) is 36.6 Å².